The fourth-order valence-corrected chi connectivity index (χ4v) is 9.93. The van der Waals surface area contributed by atoms with Crippen molar-refractivity contribution in [2.75, 3.05) is 50.7 Å². The minimum absolute atomic E-state index is 0. The Morgan fingerprint density at radius 2 is 1.68 bits per heavy atom. The van der Waals surface area contributed by atoms with Gasteiger partial charge in [-0.25, -0.2) is 14.2 Å². The second-order valence-corrected chi connectivity index (χ2v) is 17.1. The number of anilines is 1. The maximum Gasteiger partial charge on any atom is 0.327 e. The van der Waals surface area contributed by atoms with Gasteiger partial charge in [-0.15, -0.1) is 11.8 Å². The number of pyridine rings is 1. The van der Waals surface area contributed by atoms with Gasteiger partial charge in [0.25, 0.3) is 0 Å². The van der Waals surface area contributed by atoms with Gasteiger partial charge in [0, 0.05) is 65.8 Å². The molecule has 0 spiro atoms. The molecular weight excluding hydrogens is 654 g/mol. The lowest BCUT2D eigenvalue weighted by Crippen LogP contribution is -2.47. The predicted molar refractivity (Wildman–Crippen MR) is 201 cm³/mol. The van der Waals surface area contributed by atoms with E-state index >= 15 is 4.39 Å². The lowest BCUT2D eigenvalue weighted by molar-refractivity contribution is -0.136. The van der Waals surface area contributed by atoms with Gasteiger partial charge in [0.1, 0.15) is 11.2 Å². The molecule has 0 radical (unpaired) electrons. The maximum atomic E-state index is 15.9. The number of benzene rings is 1. The monoisotopic (exact) mass is 709 g/mol. The largest absolute Gasteiger partial charge is 0.369 e. The molecule has 6 heterocycles. The Hall–Kier alpha value is -3.38. The van der Waals surface area contributed by atoms with Crippen LogP contribution in [0.3, 0.4) is 0 Å². The smallest absolute Gasteiger partial charge is 0.327 e. The molecule has 4 aliphatic heterocycles. The zero-order chi connectivity index (χ0) is 35.0. The van der Waals surface area contributed by atoms with E-state index in [1.165, 1.54) is 44.1 Å². The molecule has 3 aromatic rings. The molecule has 50 heavy (non-hydrogen) atoms. The maximum absolute atomic E-state index is 15.9. The zero-order valence-corrected chi connectivity index (χ0v) is 30.6. The Balaban J connectivity index is 0.00000261. The summed E-state index contributed by atoms with van der Waals surface area (Å²) in [5.41, 5.74) is 2.63. The molecular formula is C38H56FN7O3S. The number of fused-ring (bicyclic) bond motifs is 1. The minimum atomic E-state index is -0.534. The first kappa shape index (κ1) is 35.0. The van der Waals surface area contributed by atoms with Crippen molar-refractivity contribution in [3.05, 3.63) is 58.4 Å². The highest BCUT2D eigenvalue weighted by atomic mass is 32.2. The van der Waals surface area contributed by atoms with E-state index in [2.05, 4.69) is 40.5 Å². The molecule has 2 aromatic heterocycles. The number of hydrogen-bond donors (Lipinski definition) is 1. The summed E-state index contributed by atoms with van der Waals surface area (Å²) in [5, 5.41) is -0.894. The van der Waals surface area contributed by atoms with Gasteiger partial charge in [-0.3, -0.25) is 19.1 Å². The van der Waals surface area contributed by atoms with Crippen LogP contribution in [0.2, 0.25) is 0 Å². The number of aromatic nitrogens is 3. The van der Waals surface area contributed by atoms with Crippen molar-refractivity contribution >= 4 is 40.4 Å². The number of halogens is 1. The fourth-order valence-electron chi connectivity index (χ4n) is 8.43. The molecule has 12 heteroatoms. The number of nitrogens with zero attached hydrogens (tertiary/aromatic N) is 6. The van der Waals surface area contributed by atoms with Crippen LogP contribution in [0.5, 0.6) is 0 Å². The van der Waals surface area contributed by atoms with Crippen LogP contribution < -0.4 is 10.6 Å². The number of hydrogen-bond acceptors (Lipinski definition) is 7. The predicted octanol–water partition coefficient (Wildman–Crippen LogP) is 6.44. The van der Waals surface area contributed by atoms with E-state index in [1.54, 1.807) is 22.9 Å². The van der Waals surface area contributed by atoms with Crippen molar-refractivity contribution in [1.82, 2.24) is 29.2 Å². The third-order valence-corrected chi connectivity index (χ3v) is 12.7. The summed E-state index contributed by atoms with van der Waals surface area (Å²) < 4.78 is 17.7. The molecule has 2 atom stereocenters. The van der Waals surface area contributed by atoms with Crippen molar-refractivity contribution in [3.8, 4) is 0 Å². The zero-order valence-electron chi connectivity index (χ0n) is 29.8. The van der Waals surface area contributed by atoms with Gasteiger partial charge in [-0.05, 0) is 81.6 Å². The lowest BCUT2D eigenvalue weighted by atomic mass is 9.92. The first-order valence-corrected chi connectivity index (χ1v) is 19.6. The Morgan fingerprint density at radius 3 is 2.40 bits per heavy atom. The summed E-state index contributed by atoms with van der Waals surface area (Å²) in [4.78, 5) is 56.4. The Kier molecular flexibility index (Phi) is 10.3. The Bertz CT molecular complexity index is 1740. The number of aromatic amines is 1. The highest BCUT2D eigenvalue weighted by molar-refractivity contribution is 8.01. The third-order valence-electron chi connectivity index (χ3n) is 11.2. The second kappa shape index (κ2) is 14.7. The number of rotatable bonds is 8. The van der Waals surface area contributed by atoms with Gasteiger partial charge in [0.2, 0.25) is 11.8 Å². The van der Waals surface area contributed by atoms with E-state index in [0.29, 0.717) is 49.9 Å². The van der Waals surface area contributed by atoms with E-state index in [4.69, 9.17) is 0 Å². The molecule has 0 saturated carbocycles. The number of likely N-dealkylation sites (tertiary alicyclic amines) is 2. The van der Waals surface area contributed by atoms with Gasteiger partial charge >= 0.3 is 5.69 Å². The number of nitrogens with one attached hydrogen (secondary N) is 1. The number of imidazole rings is 1. The Labute approximate surface area is 301 Å². The summed E-state index contributed by atoms with van der Waals surface area (Å²) in [6.07, 6.45) is 9.75. The van der Waals surface area contributed by atoms with E-state index in [9.17, 15) is 14.4 Å². The van der Waals surface area contributed by atoms with Crippen molar-refractivity contribution in [2.45, 2.75) is 101 Å². The lowest BCUT2D eigenvalue weighted by Gasteiger charge is -2.42. The van der Waals surface area contributed by atoms with E-state index in [1.807, 2.05) is 28.0 Å². The molecule has 0 aliphatic carbocycles. The van der Waals surface area contributed by atoms with Gasteiger partial charge in [-0.1, -0.05) is 39.3 Å². The van der Waals surface area contributed by atoms with Crippen LogP contribution in [0.1, 0.15) is 98.4 Å². The molecule has 1 N–H and O–H groups in total. The normalized spacial score (nSPS) is 23.4. The molecule has 274 valence electrons. The molecule has 2 amide bonds. The van der Waals surface area contributed by atoms with Crippen molar-refractivity contribution < 1.29 is 16.8 Å². The van der Waals surface area contributed by atoms with Gasteiger partial charge in [-0.2, -0.15) is 0 Å². The van der Waals surface area contributed by atoms with E-state index < -0.39 is 5.25 Å². The van der Waals surface area contributed by atoms with Crippen LogP contribution in [0.25, 0.3) is 11.2 Å². The van der Waals surface area contributed by atoms with Crippen LogP contribution in [0.4, 0.5) is 10.1 Å². The fraction of sp³-hybridized carbons (Fsp3) is 0.632. The van der Waals surface area contributed by atoms with Crippen LogP contribution in [0, 0.1) is 11.2 Å². The first-order valence-electron chi connectivity index (χ1n) is 18.6. The number of thioether (sulfide) groups is 1. The summed E-state index contributed by atoms with van der Waals surface area (Å²) in [5.74, 6) is -0.322. The summed E-state index contributed by atoms with van der Waals surface area (Å²) in [7, 11) is 0. The van der Waals surface area contributed by atoms with Crippen molar-refractivity contribution in [1.29, 1.82) is 0 Å². The minimum Gasteiger partial charge on any atom is -0.369 e. The molecule has 0 bridgehead atoms. The van der Waals surface area contributed by atoms with Crippen molar-refractivity contribution in [2.24, 2.45) is 5.41 Å². The number of para-hydroxylation sites is 1. The third kappa shape index (κ3) is 7.33. The molecule has 4 aliphatic rings. The van der Waals surface area contributed by atoms with Gasteiger partial charge < -0.3 is 19.6 Å². The van der Waals surface area contributed by atoms with Crippen LogP contribution in [-0.4, -0.2) is 98.2 Å². The van der Waals surface area contributed by atoms with Crippen LogP contribution >= 0.6 is 11.8 Å². The highest BCUT2D eigenvalue weighted by Crippen LogP contribution is 2.49. The van der Waals surface area contributed by atoms with E-state index in [-0.39, 0.29) is 49.4 Å². The number of H-pyrrole nitrogens is 1. The molecule has 7 rings (SSSR count). The highest BCUT2D eigenvalue weighted by Gasteiger charge is 2.44. The number of carbonyl (C=O) groups excluding carboxylic acids is 2. The topological polar surface area (TPSA) is 97.8 Å². The van der Waals surface area contributed by atoms with Crippen LogP contribution in [0.15, 0.2) is 41.3 Å². The molecule has 0 unspecified atom stereocenters. The van der Waals surface area contributed by atoms with E-state index in [0.717, 1.165) is 43.4 Å². The number of carbonyl (C=O) groups is 2. The number of piperidine rings is 3. The average Bonchev–Trinajstić information content (AvgIpc) is 3.62. The summed E-state index contributed by atoms with van der Waals surface area (Å²) >= 11 is 1.51. The summed E-state index contributed by atoms with van der Waals surface area (Å²) in [6.45, 7) is 12.0. The molecule has 4 saturated heterocycles. The first-order chi connectivity index (χ1) is 24.1. The second-order valence-electron chi connectivity index (χ2n) is 15.8. The van der Waals surface area contributed by atoms with Crippen molar-refractivity contribution in [3.63, 3.8) is 0 Å². The van der Waals surface area contributed by atoms with Crippen LogP contribution in [-0.2, 0) is 9.59 Å². The quantitative estimate of drug-likeness (QED) is 0.288. The molecule has 4 fully saturated rings. The SMILES string of the molecule is CC(C)(C)CCN1C(=O)[C@H](CC(=O)N2CCC(n3c(=O)[nH]c4ncccc43)CC2)S[C@H]1c1cccc(F)c1N1CCC(N2CCCCC2)CC1.[HH].[HH]. The van der Waals surface area contributed by atoms with Gasteiger partial charge in [0.15, 0.2) is 5.65 Å². The summed E-state index contributed by atoms with van der Waals surface area (Å²) in [6, 6.07) is 9.53. The molecule has 10 nitrogen and oxygen atoms in total. The average molecular weight is 710 g/mol. The standard InChI is InChI=1S/C38H52FN7O3S.2H2/c1-38(2,3)16-24-45-35(48)31(25-32(47)43-20-14-27(15-21-43)46-30-11-8-17-40-34(30)41-37(46)49)50-36(45)28-9-7-10-29(39)33(28)44-22-12-26(13-23-44)42-18-5-4-6-19-42;;/h7-11,17,26-27,31,36H,4-6,12-16,18-25H2,1-3H3,(H,40,41,49);2*1H/t31-,36-;;/m0../s1. The molecule has 1 aromatic carbocycles. The Morgan fingerprint density at radius 1 is 0.960 bits per heavy atom. The van der Waals surface area contributed by atoms with Gasteiger partial charge in [0.05, 0.1) is 16.5 Å². The number of amides is 2.